The van der Waals surface area contributed by atoms with Crippen LogP contribution in [0.15, 0.2) is 27.3 Å². The van der Waals surface area contributed by atoms with Gasteiger partial charge in [0, 0.05) is 34.4 Å². The Morgan fingerprint density at radius 2 is 2.11 bits per heavy atom. The first-order chi connectivity index (χ1) is 13.1. The van der Waals surface area contributed by atoms with Gasteiger partial charge in [0.05, 0.1) is 5.75 Å². The summed E-state index contributed by atoms with van der Waals surface area (Å²) >= 11 is 2.88. The number of nitrogens with zero attached hydrogens (tertiary/aromatic N) is 4. The third-order valence-corrected chi connectivity index (χ3v) is 6.62. The Labute approximate surface area is 166 Å². The molecule has 1 fully saturated rings. The first kappa shape index (κ1) is 18.4. The van der Waals surface area contributed by atoms with Crippen molar-refractivity contribution in [2.75, 3.05) is 5.75 Å². The van der Waals surface area contributed by atoms with Gasteiger partial charge in [0.1, 0.15) is 0 Å². The second kappa shape index (κ2) is 7.98. The Balaban J connectivity index is 1.43. The molecule has 4 rings (SSSR count). The van der Waals surface area contributed by atoms with Crippen LogP contribution in [0, 0.1) is 13.8 Å². The molecule has 1 saturated carbocycles. The van der Waals surface area contributed by atoms with E-state index in [1.54, 1.807) is 17.5 Å². The molecule has 142 valence electrons. The lowest BCUT2D eigenvalue weighted by molar-refractivity contribution is 0.102. The molecule has 0 spiro atoms. The first-order valence-corrected chi connectivity index (χ1v) is 11.1. The van der Waals surface area contributed by atoms with Crippen molar-refractivity contribution >= 4 is 28.9 Å². The lowest BCUT2D eigenvalue weighted by Crippen LogP contribution is -2.05. The van der Waals surface area contributed by atoms with Gasteiger partial charge in [-0.15, -0.1) is 21.5 Å². The van der Waals surface area contributed by atoms with Gasteiger partial charge >= 0.3 is 0 Å². The molecule has 0 aromatic carbocycles. The number of hydrogen-bond acceptors (Lipinski definition) is 7. The molecule has 0 atom stereocenters. The zero-order chi connectivity index (χ0) is 18.8. The molecule has 0 bridgehead atoms. The fourth-order valence-corrected chi connectivity index (χ4v) is 5.07. The third-order valence-electron chi connectivity index (χ3n) is 5.05. The quantitative estimate of drug-likeness (QED) is 0.429. The molecule has 6 nitrogen and oxygen atoms in total. The summed E-state index contributed by atoms with van der Waals surface area (Å²) in [5, 5.41) is 11.6. The van der Waals surface area contributed by atoms with Crippen LogP contribution in [-0.2, 0) is 0 Å². The number of thioether (sulfide) groups is 1. The summed E-state index contributed by atoms with van der Waals surface area (Å²) < 4.78 is 7.83. The topological polar surface area (TPSA) is 73.8 Å². The molecule has 3 aromatic rings. The fourth-order valence-electron chi connectivity index (χ4n) is 3.66. The molecule has 3 heterocycles. The molecule has 3 aromatic heterocycles. The monoisotopic (exact) mass is 402 g/mol. The van der Waals surface area contributed by atoms with Gasteiger partial charge in [0.2, 0.25) is 5.89 Å². The number of Topliss-reactive ketones (excluding diaryl/α,β-unsaturated/α-hetero) is 1. The van der Waals surface area contributed by atoms with Gasteiger partial charge in [-0.3, -0.25) is 9.36 Å². The van der Waals surface area contributed by atoms with E-state index in [4.69, 9.17) is 4.42 Å². The second-order valence-corrected chi connectivity index (χ2v) is 8.69. The van der Waals surface area contributed by atoms with Gasteiger partial charge in [-0.05, 0) is 32.8 Å². The minimum atomic E-state index is 0.0633. The number of aryl methyl sites for hydroxylation is 1. The summed E-state index contributed by atoms with van der Waals surface area (Å²) in [7, 11) is 0. The Bertz CT molecular complexity index is 924. The average Bonchev–Trinajstić information content (AvgIpc) is 3.41. The predicted octanol–water partition coefficient (Wildman–Crippen LogP) is 4.96. The van der Waals surface area contributed by atoms with Gasteiger partial charge in [0.25, 0.3) is 5.22 Å². The van der Waals surface area contributed by atoms with Crippen molar-refractivity contribution in [3.63, 3.8) is 0 Å². The first-order valence-electron chi connectivity index (χ1n) is 9.21. The maximum atomic E-state index is 12.7. The van der Waals surface area contributed by atoms with Crippen molar-refractivity contribution in [3.05, 3.63) is 40.5 Å². The van der Waals surface area contributed by atoms with E-state index in [1.807, 2.05) is 29.9 Å². The SMILES string of the molecule is Cc1cc(C(=O)CSc2nnc(C3CCCCC3)o2)c(C)n1-c1nccs1. The zero-order valence-corrected chi connectivity index (χ0v) is 17.1. The summed E-state index contributed by atoms with van der Waals surface area (Å²) in [6.45, 7) is 3.95. The molecule has 1 aliphatic carbocycles. The van der Waals surface area contributed by atoms with Crippen LogP contribution >= 0.6 is 23.1 Å². The molecule has 8 heteroatoms. The maximum Gasteiger partial charge on any atom is 0.277 e. The molecule has 0 N–H and O–H groups in total. The number of thiazole rings is 1. The van der Waals surface area contributed by atoms with Crippen molar-refractivity contribution in [3.8, 4) is 5.13 Å². The van der Waals surface area contributed by atoms with E-state index in [0.29, 0.717) is 11.1 Å². The summed E-state index contributed by atoms with van der Waals surface area (Å²) in [6.07, 6.45) is 7.75. The number of carbonyl (C=O) groups excluding carboxylic acids is 1. The molecule has 0 radical (unpaired) electrons. The largest absolute Gasteiger partial charge is 0.416 e. The van der Waals surface area contributed by atoms with Crippen molar-refractivity contribution in [2.45, 2.75) is 57.1 Å². The second-order valence-electron chi connectivity index (χ2n) is 6.89. The summed E-state index contributed by atoms with van der Waals surface area (Å²) in [5.74, 6) is 1.46. The van der Waals surface area contributed by atoms with Gasteiger partial charge in [-0.25, -0.2) is 4.98 Å². The number of rotatable bonds is 6. The number of hydrogen-bond donors (Lipinski definition) is 0. The van der Waals surface area contributed by atoms with E-state index in [1.165, 1.54) is 31.0 Å². The van der Waals surface area contributed by atoms with Crippen molar-refractivity contribution in [1.82, 2.24) is 19.7 Å². The Morgan fingerprint density at radius 3 is 2.85 bits per heavy atom. The van der Waals surface area contributed by atoms with Gasteiger partial charge < -0.3 is 4.42 Å². The highest BCUT2D eigenvalue weighted by Gasteiger charge is 2.22. The van der Waals surface area contributed by atoms with E-state index < -0.39 is 0 Å². The van der Waals surface area contributed by atoms with Crippen LogP contribution in [0.1, 0.15) is 65.7 Å². The van der Waals surface area contributed by atoms with Gasteiger partial charge in [-0.1, -0.05) is 31.0 Å². The number of aromatic nitrogens is 4. The van der Waals surface area contributed by atoms with E-state index in [9.17, 15) is 4.79 Å². The molecule has 0 amide bonds. The van der Waals surface area contributed by atoms with Crippen molar-refractivity contribution < 1.29 is 9.21 Å². The van der Waals surface area contributed by atoms with E-state index >= 15 is 0 Å². The van der Waals surface area contributed by atoms with Gasteiger partial charge in [-0.2, -0.15) is 0 Å². The van der Waals surface area contributed by atoms with Crippen molar-refractivity contribution in [2.24, 2.45) is 0 Å². The molecular formula is C19H22N4O2S2. The van der Waals surface area contributed by atoms with Crippen LogP contribution in [0.3, 0.4) is 0 Å². The van der Waals surface area contributed by atoms with Crippen LogP contribution in [0.4, 0.5) is 0 Å². The normalized spacial score (nSPS) is 15.3. The van der Waals surface area contributed by atoms with Crippen LogP contribution in [0.2, 0.25) is 0 Å². The van der Waals surface area contributed by atoms with Crippen LogP contribution in [0.5, 0.6) is 0 Å². The van der Waals surface area contributed by atoms with Gasteiger partial charge in [0.15, 0.2) is 10.9 Å². The van der Waals surface area contributed by atoms with Crippen LogP contribution < -0.4 is 0 Å². The third kappa shape index (κ3) is 3.87. The highest BCUT2D eigenvalue weighted by molar-refractivity contribution is 7.99. The molecule has 0 saturated heterocycles. The maximum absolute atomic E-state index is 12.7. The predicted molar refractivity (Wildman–Crippen MR) is 106 cm³/mol. The smallest absolute Gasteiger partial charge is 0.277 e. The van der Waals surface area contributed by atoms with E-state index in [-0.39, 0.29) is 11.5 Å². The van der Waals surface area contributed by atoms with Crippen LogP contribution in [0.25, 0.3) is 5.13 Å². The lowest BCUT2D eigenvalue weighted by Gasteiger charge is -2.17. The molecule has 0 unspecified atom stereocenters. The highest BCUT2D eigenvalue weighted by atomic mass is 32.2. The zero-order valence-electron chi connectivity index (χ0n) is 15.5. The molecule has 1 aliphatic rings. The van der Waals surface area contributed by atoms with E-state index in [2.05, 4.69) is 15.2 Å². The number of carbonyl (C=O) groups is 1. The molecule has 0 aliphatic heterocycles. The Hall–Kier alpha value is -1.93. The summed E-state index contributed by atoms with van der Waals surface area (Å²) in [6, 6.07) is 1.93. The Kier molecular flexibility index (Phi) is 5.45. The number of ketones is 1. The standard InChI is InChI=1S/C19H22N4O2S2/c1-12-10-15(13(2)23(12)18-20-8-9-26-18)16(24)11-27-19-22-21-17(25-19)14-6-4-3-5-7-14/h8-10,14H,3-7,11H2,1-2H3. The summed E-state index contributed by atoms with van der Waals surface area (Å²) in [4.78, 5) is 17.1. The average molecular weight is 403 g/mol. The van der Waals surface area contributed by atoms with E-state index in [0.717, 1.165) is 40.8 Å². The minimum Gasteiger partial charge on any atom is -0.416 e. The Morgan fingerprint density at radius 1 is 1.30 bits per heavy atom. The minimum absolute atomic E-state index is 0.0633. The van der Waals surface area contributed by atoms with Crippen molar-refractivity contribution in [1.29, 1.82) is 0 Å². The molecule has 27 heavy (non-hydrogen) atoms. The molecular weight excluding hydrogens is 380 g/mol. The highest BCUT2D eigenvalue weighted by Crippen LogP contribution is 2.33. The lowest BCUT2D eigenvalue weighted by atomic mass is 9.89. The summed E-state index contributed by atoms with van der Waals surface area (Å²) in [5.41, 5.74) is 2.65. The van der Waals surface area contributed by atoms with Crippen LogP contribution in [-0.4, -0.2) is 31.3 Å². The fraction of sp³-hybridized carbons (Fsp3) is 0.474.